The summed E-state index contributed by atoms with van der Waals surface area (Å²) in [5.41, 5.74) is 2.78. The second kappa shape index (κ2) is 7.48. The van der Waals surface area contributed by atoms with E-state index in [4.69, 9.17) is 0 Å². The van der Waals surface area contributed by atoms with E-state index in [0.717, 1.165) is 31.4 Å². The molecule has 1 amide bonds. The molecule has 2 heterocycles. The average Bonchev–Trinajstić information content (AvgIpc) is 3.17. The Morgan fingerprint density at radius 1 is 0.962 bits per heavy atom. The number of hydrogen-bond acceptors (Lipinski definition) is 3. The maximum absolute atomic E-state index is 12.9. The monoisotopic (exact) mass is 343 g/mol. The molecule has 0 saturated carbocycles. The Balaban J connectivity index is 1.49. The molecule has 0 spiro atoms. The van der Waals surface area contributed by atoms with Gasteiger partial charge in [-0.3, -0.25) is 4.79 Å². The Bertz CT molecular complexity index is 863. The number of likely N-dealkylation sites (tertiary alicyclic amines) is 1. The van der Waals surface area contributed by atoms with E-state index in [1.54, 1.807) is 12.4 Å². The van der Waals surface area contributed by atoms with E-state index in [9.17, 15) is 4.79 Å². The minimum absolute atomic E-state index is 0.0306. The highest BCUT2D eigenvalue weighted by molar-refractivity contribution is 5.94. The van der Waals surface area contributed by atoms with Crippen LogP contribution in [0.25, 0.3) is 11.4 Å². The molecular weight excluding hydrogens is 322 g/mol. The van der Waals surface area contributed by atoms with Gasteiger partial charge in [-0.15, -0.1) is 0 Å². The Labute approximate surface area is 153 Å². The lowest BCUT2D eigenvalue weighted by atomic mass is 10.0. The van der Waals surface area contributed by atoms with Crippen molar-refractivity contribution in [1.82, 2.24) is 14.9 Å². The van der Waals surface area contributed by atoms with E-state index in [1.165, 1.54) is 5.56 Å². The van der Waals surface area contributed by atoms with Crippen molar-refractivity contribution in [2.75, 3.05) is 6.54 Å². The highest BCUT2D eigenvalue weighted by atomic mass is 16.2. The molecule has 3 aromatic rings. The van der Waals surface area contributed by atoms with Crippen molar-refractivity contribution in [3.63, 3.8) is 0 Å². The molecule has 1 atom stereocenters. The van der Waals surface area contributed by atoms with Gasteiger partial charge in [-0.1, -0.05) is 60.7 Å². The standard InChI is InChI=1S/C22H21N3O/c26-22(19-15-23-21(24-16-19)18-10-5-2-6-11-18)25-13-7-12-20(25)14-17-8-3-1-4-9-17/h1-6,8-11,15-16,20H,7,12-14H2. The van der Waals surface area contributed by atoms with Gasteiger partial charge in [0.15, 0.2) is 5.82 Å². The van der Waals surface area contributed by atoms with E-state index in [-0.39, 0.29) is 11.9 Å². The van der Waals surface area contributed by atoms with Crippen LogP contribution in [0.15, 0.2) is 73.1 Å². The van der Waals surface area contributed by atoms with E-state index >= 15 is 0 Å². The zero-order valence-corrected chi connectivity index (χ0v) is 14.6. The fourth-order valence-corrected chi connectivity index (χ4v) is 3.54. The Kier molecular flexibility index (Phi) is 4.73. The summed E-state index contributed by atoms with van der Waals surface area (Å²) in [6.45, 7) is 0.802. The van der Waals surface area contributed by atoms with Crippen LogP contribution in [-0.4, -0.2) is 33.4 Å². The number of benzene rings is 2. The van der Waals surface area contributed by atoms with Crippen LogP contribution < -0.4 is 0 Å². The first-order chi connectivity index (χ1) is 12.8. The van der Waals surface area contributed by atoms with Gasteiger partial charge in [0.05, 0.1) is 5.56 Å². The molecule has 1 aliphatic heterocycles. The molecule has 130 valence electrons. The van der Waals surface area contributed by atoms with Crippen LogP contribution in [0.4, 0.5) is 0 Å². The summed E-state index contributed by atoms with van der Waals surface area (Å²) in [7, 11) is 0. The Morgan fingerprint density at radius 2 is 1.62 bits per heavy atom. The minimum Gasteiger partial charge on any atom is -0.335 e. The highest BCUT2D eigenvalue weighted by Crippen LogP contribution is 2.23. The van der Waals surface area contributed by atoms with Crippen molar-refractivity contribution in [2.24, 2.45) is 0 Å². The molecule has 1 saturated heterocycles. The van der Waals surface area contributed by atoms with Gasteiger partial charge in [-0.2, -0.15) is 0 Å². The fraction of sp³-hybridized carbons (Fsp3) is 0.227. The largest absolute Gasteiger partial charge is 0.335 e. The molecule has 26 heavy (non-hydrogen) atoms. The van der Waals surface area contributed by atoms with E-state index in [0.29, 0.717) is 11.4 Å². The van der Waals surface area contributed by atoms with Crippen molar-refractivity contribution in [1.29, 1.82) is 0 Å². The van der Waals surface area contributed by atoms with Crippen LogP contribution in [0, 0.1) is 0 Å². The first-order valence-corrected chi connectivity index (χ1v) is 9.03. The van der Waals surface area contributed by atoms with Crippen LogP contribution >= 0.6 is 0 Å². The topological polar surface area (TPSA) is 46.1 Å². The smallest absolute Gasteiger partial charge is 0.257 e. The first-order valence-electron chi connectivity index (χ1n) is 9.03. The molecule has 4 nitrogen and oxygen atoms in total. The molecule has 1 unspecified atom stereocenters. The maximum Gasteiger partial charge on any atom is 0.257 e. The molecule has 1 aromatic heterocycles. The number of carbonyl (C=O) groups is 1. The lowest BCUT2D eigenvalue weighted by molar-refractivity contribution is 0.0735. The molecule has 0 aliphatic carbocycles. The van der Waals surface area contributed by atoms with Gasteiger partial charge in [0, 0.05) is 30.5 Å². The van der Waals surface area contributed by atoms with Gasteiger partial charge in [-0.05, 0) is 24.8 Å². The Morgan fingerprint density at radius 3 is 2.31 bits per heavy atom. The van der Waals surface area contributed by atoms with E-state index < -0.39 is 0 Å². The molecule has 0 bridgehead atoms. The molecule has 0 N–H and O–H groups in total. The van der Waals surface area contributed by atoms with Crippen molar-refractivity contribution in [3.05, 3.63) is 84.2 Å². The number of rotatable bonds is 4. The summed E-state index contributed by atoms with van der Waals surface area (Å²) in [5, 5.41) is 0. The molecule has 4 heteroatoms. The van der Waals surface area contributed by atoms with Gasteiger partial charge >= 0.3 is 0 Å². The van der Waals surface area contributed by atoms with Crippen molar-refractivity contribution in [2.45, 2.75) is 25.3 Å². The van der Waals surface area contributed by atoms with Gasteiger partial charge in [0.25, 0.3) is 5.91 Å². The van der Waals surface area contributed by atoms with Crippen LogP contribution in [-0.2, 0) is 6.42 Å². The molecule has 4 rings (SSSR count). The number of carbonyl (C=O) groups excluding carboxylic acids is 1. The summed E-state index contributed by atoms with van der Waals surface area (Å²) in [5.74, 6) is 0.674. The van der Waals surface area contributed by atoms with Gasteiger partial charge in [0.2, 0.25) is 0 Å². The first kappa shape index (κ1) is 16.5. The number of amides is 1. The Hall–Kier alpha value is -3.01. The zero-order valence-electron chi connectivity index (χ0n) is 14.6. The molecule has 1 aliphatic rings. The molecular formula is C22H21N3O. The number of aromatic nitrogens is 2. The molecule has 0 radical (unpaired) electrons. The molecule has 1 fully saturated rings. The number of hydrogen-bond donors (Lipinski definition) is 0. The van der Waals surface area contributed by atoms with E-state index in [1.807, 2.05) is 53.4 Å². The normalized spacial score (nSPS) is 16.6. The SMILES string of the molecule is O=C(c1cnc(-c2ccccc2)nc1)N1CCCC1Cc1ccccc1. The second-order valence-electron chi connectivity index (χ2n) is 6.65. The summed E-state index contributed by atoms with van der Waals surface area (Å²) in [6.07, 6.45) is 6.29. The van der Waals surface area contributed by atoms with Crippen LogP contribution in [0.5, 0.6) is 0 Å². The predicted octanol–water partition coefficient (Wildman–Crippen LogP) is 3.99. The fourth-order valence-electron chi connectivity index (χ4n) is 3.54. The second-order valence-corrected chi connectivity index (χ2v) is 6.65. The average molecular weight is 343 g/mol. The lowest BCUT2D eigenvalue weighted by Gasteiger charge is -2.24. The van der Waals surface area contributed by atoms with Crippen molar-refractivity contribution in [3.8, 4) is 11.4 Å². The minimum atomic E-state index is 0.0306. The van der Waals surface area contributed by atoms with Crippen LogP contribution in [0.1, 0.15) is 28.8 Å². The van der Waals surface area contributed by atoms with Gasteiger partial charge in [-0.25, -0.2) is 9.97 Å². The van der Waals surface area contributed by atoms with Gasteiger partial charge in [0.1, 0.15) is 0 Å². The van der Waals surface area contributed by atoms with Gasteiger partial charge < -0.3 is 4.90 Å². The number of nitrogens with zero attached hydrogens (tertiary/aromatic N) is 3. The van der Waals surface area contributed by atoms with Crippen molar-refractivity contribution < 1.29 is 4.79 Å². The summed E-state index contributed by atoms with van der Waals surface area (Å²) >= 11 is 0. The third-order valence-corrected chi connectivity index (χ3v) is 4.88. The zero-order chi connectivity index (χ0) is 17.8. The highest BCUT2D eigenvalue weighted by Gasteiger charge is 2.29. The quantitative estimate of drug-likeness (QED) is 0.719. The summed E-state index contributed by atoms with van der Waals surface area (Å²) < 4.78 is 0. The summed E-state index contributed by atoms with van der Waals surface area (Å²) in [4.78, 5) is 23.7. The van der Waals surface area contributed by atoms with Crippen molar-refractivity contribution >= 4 is 5.91 Å². The maximum atomic E-state index is 12.9. The third-order valence-electron chi connectivity index (χ3n) is 4.88. The van der Waals surface area contributed by atoms with Crippen LogP contribution in [0.3, 0.4) is 0 Å². The summed E-state index contributed by atoms with van der Waals surface area (Å²) in [6, 6.07) is 20.4. The van der Waals surface area contributed by atoms with Crippen LogP contribution in [0.2, 0.25) is 0 Å². The predicted molar refractivity (Wildman–Crippen MR) is 102 cm³/mol. The third kappa shape index (κ3) is 3.49. The van der Waals surface area contributed by atoms with E-state index in [2.05, 4.69) is 22.1 Å². The molecule has 2 aromatic carbocycles. The lowest BCUT2D eigenvalue weighted by Crippen LogP contribution is -2.37.